The van der Waals surface area contributed by atoms with Crippen LogP contribution < -0.4 is 15.8 Å². The number of esters is 1. The van der Waals surface area contributed by atoms with Gasteiger partial charge in [0.15, 0.2) is 0 Å². The van der Waals surface area contributed by atoms with Crippen molar-refractivity contribution in [3.8, 4) is 5.75 Å². The lowest BCUT2D eigenvalue weighted by Crippen LogP contribution is -2.27. The molecule has 0 aliphatic rings. The van der Waals surface area contributed by atoms with Crippen LogP contribution in [0.1, 0.15) is 31.7 Å². The second-order valence-electron chi connectivity index (χ2n) is 6.64. The Kier molecular flexibility index (Phi) is 11.3. The number of allylic oxidation sites excluding steroid dienone is 1. The zero-order valence-corrected chi connectivity index (χ0v) is 17.6. The van der Waals surface area contributed by atoms with Crippen molar-refractivity contribution in [1.29, 1.82) is 0 Å². The summed E-state index contributed by atoms with van der Waals surface area (Å²) >= 11 is 0. The molecule has 0 aliphatic carbocycles. The van der Waals surface area contributed by atoms with E-state index in [1.54, 1.807) is 20.0 Å². The number of nitrogens with zero attached hydrogens (tertiary/aromatic N) is 1. The standard InChI is InChI=1S/C21H28F3N3O4/c1-3-30-20(29)16(14-26-2)9-5-4-6-11-18(25)27-19(28)13-15-8-7-10-17(12-15)31-21(22,23)24/h6-8,10-12,16,26H,3-5,9,13-14H2,1-2H3,(H2,25,27,28)/b11-6-. The normalized spacial score (nSPS) is 13.3. The molecule has 7 nitrogen and oxygen atoms in total. The number of nitrogens with two attached hydrogens (primary N) is 1. The second-order valence-corrected chi connectivity index (χ2v) is 6.64. The van der Waals surface area contributed by atoms with Crippen molar-refractivity contribution in [1.82, 2.24) is 5.32 Å². The first-order valence-electron chi connectivity index (χ1n) is 9.84. The molecule has 0 saturated carbocycles. The maximum atomic E-state index is 12.3. The van der Waals surface area contributed by atoms with Crippen LogP contribution in [0, 0.1) is 5.92 Å². The van der Waals surface area contributed by atoms with Gasteiger partial charge in [0.2, 0.25) is 0 Å². The van der Waals surface area contributed by atoms with E-state index in [4.69, 9.17) is 10.5 Å². The van der Waals surface area contributed by atoms with E-state index in [2.05, 4.69) is 15.0 Å². The number of unbranched alkanes of at least 4 members (excludes halogenated alkanes) is 1. The molecular formula is C21H28F3N3O4. The highest BCUT2D eigenvalue weighted by Gasteiger charge is 2.31. The van der Waals surface area contributed by atoms with Gasteiger partial charge in [-0.15, -0.1) is 13.2 Å². The number of aliphatic imine (C=N–C) groups is 1. The molecule has 1 amide bonds. The van der Waals surface area contributed by atoms with E-state index in [0.717, 1.165) is 18.6 Å². The van der Waals surface area contributed by atoms with E-state index in [1.807, 2.05) is 0 Å². The number of benzene rings is 1. The summed E-state index contributed by atoms with van der Waals surface area (Å²) in [4.78, 5) is 27.5. The minimum Gasteiger partial charge on any atom is -0.466 e. The predicted molar refractivity (Wildman–Crippen MR) is 110 cm³/mol. The van der Waals surface area contributed by atoms with Gasteiger partial charge in [0.05, 0.1) is 18.9 Å². The van der Waals surface area contributed by atoms with Crippen LogP contribution in [0.15, 0.2) is 41.4 Å². The van der Waals surface area contributed by atoms with E-state index in [-0.39, 0.29) is 24.1 Å². The zero-order chi connectivity index (χ0) is 23.3. The summed E-state index contributed by atoms with van der Waals surface area (Å²) in [5.74, 6) is -1.48. The fraction of sp³-hybridized carbons (Fsp3) is 0.476. The third kappa shape index (κ3) is 11.8. The molecule has 1 aromatic rings. The first-order valence-corrected chi connectivity index (χ1v) is 9.84. The molecule has 0 radical (unpaired) electrons. The Morgan fingerprint density at radius 2 is 2.06 bits per heavy atom. The summed E-state index contributed by atoms with van der Waals surface area (Å²) in [5.41, 5.74) is 6.02. The quantitative estimate of drug-likeness (QED) is 0.223. The average Bonchev–Trinajstić information content (AvgIpc) is 2.65. The Balaban J connectivity index is 2.50. The maximum absolute atomic E-state index is 12.3. The van der Waals surface area contributed by atoms with Gasteiger partial charge in [0.25, 0.3) is 5.91 Å². The number of halogens is 3. The molecule has 0 bridgehead atoms. The predicted octanol–water partition coefficient (Wildman–Crippen LogP) is 3.14. The molecule has 0 aromatic heterocycles. The number of ether oxygens (including phenoxy) is 2. The average molecular weight is 443 g/mol. The van der Waals surface area contributed by atoms with Crippen molar-refractivity contribution < 1.29 is 32.2 Å². The van der Waals surface area contributed by atoms with Crippen LogP contribution in [-0.4, -0.2) is 44.3 Å². The lowest BCUT2D eigenvalue weighted by atomic mass is 10.0. The Hall–Kier alpha value is -2.88. The molecule has 0 saturated heterocycles. The summed E-state index contributed by atoms with van der Waals surface area (Å²) in [5, 5.41) is 2.96. The molecule has 172 valence electrons. The van der Waals surface area contributed by atoms with Crippen LogP contribution in [0.25, 0.3) is 0 Å². The largest absolute Gasteiger partial charge is 0.573 e. The SMILES string of the molecule is CCOC(=O)C(CCC/C=C\C(N)=NC(=O)Cc1cccc(OC(F)(F)F)c1)CNC. The van der Waals surface area contributed by atoms with E-state index in [9.17, 15) is 22.8 Å². The molecule has 0 spiro atoms. The molecule has 31 heavy (non-hydrogen) atoms. The van der Waals surface area contributed by atoms with Crippen molar-refractivity contribution in [3.63, 3.8) is 0 Å². The van der Waals surface area contributed by atoms with Gasteiger partial charge in [-0.25, -0.2) is 0 Å². The minimum atomic E-state index is -4.81. The zero-order valence-electron chi connectivity index (χ0n) is 17.6. The molecule has 0 heterocycles. The van der Waals surface area contributed by atoms with Crippen molar-refractivity contribution in [2.45, 2.75) is 39.0 Å². The summed E-state index contributed by atoms with van der Waals surface area (Å²) in [6.45, 7) is 2.61. The Bertz CT molecular complexity index is 779. The number of carbonyl (C=O) groups excluding carboxylic acids is 2. The van der Waals surface area contributed by atoms with Gasteiger partial charge < -0.3 is 20.5 Å². The molecular weight excluding hydrogens is 415 g/mol. The molecule has 3 N–H and O–H groups in total. The van der Waals surface area contributed by atoms with Gasteiger partial charge in [0.1, 0.15) is 11.6 Å². The van der Waals surface area contributed by atoms with Gasteiger partial charge in [-0.3, -0.25) is 9.59 Å². The van der Waals surface area contributed by atoms with Crippen LogP contribution in [0.2, 0.25) is 0 Å². The molecule has 10 heteroatoms. The van der Waals surface area contributed by atoms with Crippen molar-refractivity contribution in [2.75, 3.05) is 20.2 Å². The van der Waals surface area contributed by atoms with E-state index in [0.29, 0.717) is 31.6 Å². The van der Waals surface area contributed by atoms with Crippen LogP contribution in [0.3, 0.4) is 0 Å². The topological polar surface area (TPSA) is 103 Å². The first-order chi connectivity index (χ1) is 14.6. The van der Waals surface area contributed by atoms with Crippen molar-refractivity contribution >= 4 is 17.7 Å². The molecule has 0 fully saturated rings. The number of hydrogen-bond donors (Lipinski definition) is 2. The molecule has 1 unspecified atom stereocenters. The Morgan fingerprint density at radius 1 is 1.32 bits per heavy atom. The molecule has 1 rings (SSSR count). The Morgan fingerprint density at radius 3 is 2.71 bits per heavy atom. The van der Waals surface area contributed by atoms with E-state index in [1.165, 1.54) is 18.2 Å². The maximum Gasteiger partial charge on any atom is 0.573 e. The van der Waals surface area contributed by atoms with Crippen molar-refractivity contribution in [3.05, 3.63) is 42.0 Å². The summed E-state index contributed by atoms with van der Waals surface area (Å²) < 4.78 is 45.7. The van der Waals surface area contributed by atoms with Crippen LogP contribution in [0.5, 0.6) is 5.75 Å². The van der Waals surface area contributed by atoms with E-state index >= 15 is 0 Å². The molecule has 1 aromatic carbocycles. The Labute approximate surface area is 179 Å². The lowest BCUT2D eigenvalue weighted by Gasteiger charge is -2.14. The van der Waals surface area contributed by atoms with Gasteiger partial charge in [-0.2, -0.15) is 4.99 Å². The van der Waals surface area contributed by atoms with Crippen LogP contribution >= 0.6 is 0 Å². The monoisotopic (exact) mass is 443 g/mol. The number of alkyl halides is 3. The molecule has 1 atom stereocenters. The number of hydrogen-bond acceptors (Lipinski definition) is 5. The number of rotatable bonds is 12. The van der Waals surface area contributed by atoms with Crippen LogP contribution in [0.4, 0.5) is 13.2 Å². The number of amidine groups is 1. The molecule has 0 aliphatic heterocycles. The minimum absolute atomic E-state index is 0.00939. The second kappa shape index (κ2) is 13.4. The van der Waals surface area contributed by atoms with Gasteiger partial charge in [-0.05, 0) is 57.0 Å². The number of amides is 1. The lowest BCUT2D eigenvalue weighted by molar-refractivity contribution is -0.274. The van der Waals surface area contributed by atoms with Crippen molar-refractivity contribution in [2.24, 2.45) is 16.6 Å². The summed E-state index contributed by atoms with van der Waals surface area (Å²) in [6, 6.07) is 5.12. The number of carbonyl (C=O) groups is 2. The number of nitrogens with one attached hydrogen (secondary N) is 1. The fourth-order valence-electron chi connectivity index (χ4n) is 2.74. The highest BCUT2D eigenvalue weighted by Crippen LogP contribution is 2.23. The van der Waals surface area contributed by atoms with Gasteiger partial charge >= 0.3 is 12.3 Å². The van der Waals surface area contributed by atoms with Gasteiger partial charge in [-0.1, -0.05) is 18.2 Å². The first kappa shape index (κ1) is 26.2. The highest BCUT2D eigenvalue weighted by molar-refractivity contribution is 6.00. The summed E-state index contributed by atoms with van der Waals surface area (Å²) in [7, 11) is 1.76. The third-order valence-corrected chi connectivity index (χ3v) is 4.02. The smallest absolute Gasteiger partial charge is 0.466 e. The summed E-state index contributed by atoms with van der Waals surface area (Å²) in [6.07, 6.45) is 0.185. The highest BCUT2D eigenvalue weighted by atomic mass is 19.4. The third-order valence-electron chi connectivity index (χ3n) is 4.02. The fourth-order valence-corrected chi connectivity index (χ4v) is 2.74. The van der Waals surface area contributed by atoms with Crippen LogP contribution in [-0.2, 0) is 20.7 Å². The van der Waals surface area contributed by atoms with Gasteiger partial charge in [0, 0.05) is 6.54 Å². The van der Waals surface area contributed by atoms with E-state index < -0.39 is 18.0 Å².